The number of amides is 1. The number of thiazole rings is 1. The maximum Gasteiger partial charge on any atom is 0.289 e. The highest BCUT2D eigenvalue weighted by molar-refractivity contribution is 7.13. The molecule has 1 amide bonds. The van der Waals surface area contributed by atoms with Crippen molar-refractivity contribution in [3.05, 3.63) is 57.9 Å². The van der Waals surface area contributed by atoms with Crippen molar-refractivity contribution in [2.45, 2.75) is 27.7 Å². The summed E-state index contributed by atoms with van der Waals surface area (Å²) in [6, 6.07) is 8.05. The number of nitrogens with one attached hydrogen (secondary N) is 2. The van der Waals surface area contributed by atoms with Crippen molar-refractivity contribution in [3.8, 4) is 10.6 Å². The first-order valence-corrected chi connectivity index (χ1v) is 8.72. The third-order valence-electron chi connectivity index (χ3n) is 3.62. The number of hydrogen-bond donors (Lipinski definition) is 2. The van der Waals surface area contributed by atoms with Crippen LogP contribution in [0.3, 0.4) is 0 Å². The summed E-state index contributed by atoms with van der Waals surface area (Å²) in [4.78, 5) is 25.2. The molecule has 6 nitrogen and oxygen atoms in total. The van der Waals surface area contributed by atoms with Crippen LogP contribution in [0.5, 0.6) is 0 Å². The third-order valence-corrected chi connectivity index (χ3v) is 4.49. The highest BCUT2D eigenvalue weighted by Gasteiger charge is 2.13. The highest BCUT2D eigenvalue weighted by Crippen LogP contribution is 2.27. The molecular weight excluding hydrogens is 334 g/mol. The molecule has 0 saturated heterocycles. The Morgan fingerprint density at radius 2 is 1.72 bits per heavy atom. The van der Waals surface area contributed by atoms with Gasteiger partial charge in [0, 0.05) is 22.3 Å². The van der Waals surface area contributed by atoms with Crippen LogP contribution in [-0.4, -0.2) is 20.9 Å². The molecule has 7 heteroatoms. The molecule has 0 fully saturated rings. The number of benzene rings is 1. The Morgan fingerprint density at radius 3 is 2.40 bits per heavy atom. The van der Waals surface area contributed by atoms with Crippen LogP contribution in [-0.2, 0) is 0 Å². The molecule has 2 N–H and O–H groups in total. The monoisotopic (exact) mass is 353 g/mol. The zero-order valence-electron chi connectivity index (χ0n) is 14.5. The van der Waals surface area contributed by atoms with Crippen LogP contribution in [0.15, 0.2) is 29.6 Å². The van der Waals surface area contributed by atoms with E-state index in [1.54, 1.807) is 5.38 Å². The van der Waals surface area contributed by atoms with Gasteiger partial charge in [-0.25, -0.2) is 15.0 Å². The number of rotatable bonds is 4. The lowest BCUT2D eigenvalue weighted by Gasteiger charge is -2.07. The molecule has 0 unspecified atom stereocenters. The quantitative estimate of drug-likeness (QED) is 0.701. The summed E-state index contributed by atoms with van der Waals surface area (Å²) >= 11 is 1.45. The number of aromatic nitrogens is 3. The maximum absolute atomic E-state index is 12.3. The second kappa shape index (κ2) is 6.98. The number of aryl methyl sites for hydroxylation is 4. The first-order valence-electron chi connectivity index (χ1n) is 7.84. The van der Waals surface area contributed by atoms with E-state index in [1.807, 2.05) is 39.0 Å². The Balaban J connectivity index is 1.72. The van der Waals surface area contributed by atoms with Crippen molar-refractivity contribution in [2.75, 3.05) is 5.43 Å². The molecule has 0 aliphatic rings. The summed E-state index contributed by atoms with van der Waals surface area (Å²) in [6.45, 7) is 7.84. The van der Waals surface area contributed by atoms with E-state index >= 15 is 0 Å². The Morgan fingerprint density at radius 1 is 1.00 bits per heavy atom. The van der Waals surface area contributed by atoms with E-state index in [-0.39, 0.29) is 5.91 Å². The zero-order chi connectivity index (χ0) is 18.0. The maximum atomic E-state index is 12.3. The molecule has 0 radical (unpaired) electrons. The van der Waals surface area contributed by atoms with Crippen molar-refractivity contribution in [1.82, 2.24) is 20.4 Å². The molecule has 0 aliphatic heterocycles. The van der Waals surface area contributed by atoms with Gasteiger partial charge in [0.15, 0.2) is 0 Å². The lowest BCUT2D eigenvalue weighted by Crippen LogP contribution is -2.30. The molecule has 0 atom stereocenters. The summed E-state index contributed by atoms with van der Waals surface area (Å²) in [5, 5.41) is 2.57. The Labute approximate surface area is 150 Å². The van der Waals surface area contributed by atoms with Gasteiger partial charge in [-0.05, 0) is 39.3 Å². The van der Waals surface area contributed by atoms with Crippen molar-refractivity contribution >= 4 is 23.2 Å². The zero-order valence-corrected chi connectivity index (χ0v) is 15.4. The summed E-state index contributed by atoms with van der Waals surface area (Å²) in [6.07, 6.45) is 0. The SMILES string of the molecule is Cc1ccc(-c2nc(C(=O)NNc3nc(C)cc(C)n3)cs2)c(C)c1. The average Bonchev–Trinajstić information content (AvgIpc) is 3.01. The first-order chi connectivity index (χ1) is 11.9. The van der Waals surface area contributed by atoms with Gasteiger partial charge >= 0.3 is 0 Å². The van der Waals surface area contributed by atoms with Gasteiger partial charge in [-0.1, -0.05) is 23.8 Å². The minimum Gasteiger partial charge on any atom is -0.266 e. The minimum absolute atomic E-state index is 0.324. The summed E-state index contributed by atoms with van der Waals surface area (Å²) in [7, 11) is 0. The molecule has 0 bridgehead atoms. The van der Waals surface area contributed by atoms with Gasteiger partial charge in [0.25, 0.3) is 5.91 Å². The smallest absolute Gasteiger partial charge is 0.266 e. The lowest BCUT2D eigenvalue weighted by atomic mass is 10.1. The summed E-state index contributed by atoms with van der Waals surface area (Å²) in [5.74, 6) is 0.0331. The van der Waals surface area contributed by atoms with Crippen LogP contribution in [0.1, 0.15) is 33.0 Å². The van der Waals surface area contributed by atoms with Gasteiger partial charge in [-0.2, -0.15) is 0 Å². The van der Waals surface area contributed by atoms with E-state index in [1.165, 1.54) is 16.9 Å². The van der Waals surface area contributed by atoms with E-state index in [9.17, 15) is 4.79 Å². The van der Waals surface area contributed by atoms with Crippen LogP contribution >= 0.6 is 11.3 Å². The molecule has 0 spiro atoms. The van der Waals surface area contributed by atoms with Crippen molar-refractivity contribution in [3.63, 3.8) is 0 Å². The highest BCUT2D eigenvalue weighted by atomic mass is 32.1. The predicted octanol–water partition coefficient (Wildman–Crippen LogP) is 3.59. The fraction of sp³-hybridized carbons (Fsp3) is 0.222. The molecular formula is C18H19N5OS. The van der Waals surface area contributed by atoms with Gasteiger partial charge < -0.3 is 0 Å². The van der Waals surface area contributed by atoms with E-state index in [2.05, 4.69) is 38.8 Å². The number of nitrogens with zero attached hydrogens (tertiary/aromatic N) is 3. The Kier molecular flexibility index (Phi) is 4.76. The molecule has 2 heterocycles. The van der Waals surface area contributed by atoms with E-state index < -0.39 is 0 Å². The van der Waals surface area contributed by atoms with Crippen molar-refractivity contribution < 1.29 is 4.79 Å². The standard InChI is InChI=1S/C18H19N5OS/c1-10-5-6-14(11(2)7-10)17-21-15(9-25-17)16(24)22-23-18-19-12(3)8-13(4)20-18/h5-9H,1-4H3,(H,22,24)(H,19,20,23). The van der Waals surface area contributed by atoms with Gasteiger partial charge in [0.2, 0.25) is 5.95 Å². The molecule has 3 rings (SSSR count). The summed E-state index contributed by atoms with van der Waals surface area (Å²) < 4.78 is 0. The minimum atomic E-state index is -0.324. The topological polar surface area (TPSA) is 79.8 Å². The largest absolute Gasteiger partial charge is 0.289 e. The molecule has 128 valence electrons. The Hall–Kier alpha value is -2.80. The third kappa shape index (κ3) is 4.00. The number of carbonyl (C=O) groups excluding carboxylic acids is 1. The number of hydrogen-bond acceptors (Lipinski definition) is 6. The average molecular weight is 353 g/mol. The first kappa shape index (κ1) is 17.0. The van der Waals surface area contributed by atoms with E-state index in [0.29, 0.717) is 11.6 Å². The number of hydrazine groups is 1. The van der Waals surface area contributed by atoms with Crippen molar-refractivity contribution in [1.29, 1.82) is 0 Å². The van der Waals surface area contributed by atoms with Crippen LogP contribution in [0, 0.1) is 27.7 Å². The fourth-order valence-electron chi connectivity index (χ4n) is 2.51. The van der Waals surface area contributed by atoms with Crippen LogP contribution in [0.4, 0.5) is 5.95 Å². The van der Waals surface area contributed by atoms with Crippen molar-refractivity contribution in [2.24, 2.45) is 0 Å². The van der Waals surface area contributed by atoms with Gasteiger partial charge in [0.05, 0.1) is 0 Å². The molecule has 0 aliphatic carbocycles. The fourth-order valence-corrected chi connectivity index (χ4v) is 3.40. The summed E-state index contributed by atoms with van der Waals surface area (Å²) in [5.41, 5.74) is 10.7. The molecule has 2 aromatic heterocycles. The van der Waals surface area contributed by atoms with Crippen LogP contribution in [0.2, 0.25) is 0 Å². The second-order valence-electron chi connectivity index (χ2n) is 5.91. The number of carbonyl (C=O) groups is 1. The Bertz CT molecular complexity index is 915. The number of anilines is 1. The van der Waals surface area contributed by atoms with E-state index in [0.717, 1.165) is 27.5 Å². The molecule has 25 heavy (non-hydrogen) atoms. The van der Waals surface area contributed by atoms with Crippen LogP contribution in [0.25, 0.3) is 10.6 Å². The van der Waals surface area contributed by atoms with E-state index in [4.69, 9.17) is 0 Å². The normalized spacial score (nSPS) is 10.6. The van der Waals surface area contributed by atoms with Gasteiger partial charge in [0.1, 0.15) is 10.7 Å². The molecule has 1 aromatic carbocycles. The van der Waals surface area contributed by atoms with Crippen LogP contribution < -0.4 is 10.9 Å². The molecule has 3 aromatic rings. The van der Waals surface area contributed by atoms with Gasteiger partial charge in [-0.3, -0.25) is 15.6 Å². The predicted molar refractivity (Wildman–Crippen MR) is 99.6 cm³/mol. The lowest BCUT2D eigenvalue weighted by molar-refractivity contribution is 0.0958. The molecule has 0 saturated carbocycles. The van der Waals surface area contributed by atoms with Gasteiger partial charge in [-0.15, -0.1) is 11.3 Å². The second-order valence-corrected chi connectivity index (χ2v) is 6.77.